The van der Waals surface area contributed by atoms with Crippen molar-refractivity contribution in [1.29, 1.82) is 0 Å². The molecule has 1 atom stereocenters. The largest absolute Gasteiger partial charge is 0.363 e. The van der Waals surface area contributed by atoms with E-state index in [2.05, 4.69) is 27.6 Å². The van der Waals surface area contributed by atoms with E-state index in [-0.39, 0.29) is 6.04 Å². The summed E-state index contributed by atoms with van der Waals surface area (Å²) in [6, 6.07) is 9.83. The second-order valence-corrected chi connectivity index (χ2v) is 5.93. The van der Waals surface area contributed by atoms with Crippen molar-refractivity contribution in [3.8, 4) is 0 Å². The van der Waals surface area contributed by atoms with Crippen molar-refractivity contribution in [2.24, 2.45) is 5.84 Å². The van der Waals surface area contributed by atoms with Gasteiger partial charge >= 0.3 is 0 Å². The van der Waals surface area contributed by atoms with Crippen LogP contribution in [0.2, 0.25) is 5.02 Å². The Balaban J connectivity index is 1.93. The molecule has 0 saturated heterocycles. The Hall–Kier alpha value is -1.89. The Morgan fingerprint density at radius 3 is 2.67 bits per heavy atom. The summed E-state index contributed by atoms with van der Waals surface area (Å²) in [5, 5.41) is 7.09. The topological polar surface area (TPSA) is 75.9 Å². The zero-order valence-corrected chi connectivity index (χ0v) is 12.9. The molecule has 0 aliphatic heterocycles. The monoisotopic (exact) mass is 319 g/mol. The molecular formula is C14H14ClN5S. The van der Waals surface area contributed by atoms with Gasteiger partial charge in [-0.05, 0) is 36.1 Å². The number of hydrazine groups is 1. The van der Waals surface area contributed by atoms with Crippen LogP contribution in [0.25, 0.3) is 10.2 Å². The number of hydrogen-bond donors (Lipinski definition) is 3. The van der Waals surface area contributed by atoms with Crippen molar-refractivity contribution in [3.63, 3.8) is 0 Å². The zero-order chi connectivity index (χ0) is 14.8. The standard InChI is InChI=1S/C14H14ClN5S/c1-8(9-2-4-10(15)5-3-9)17-12-11-6-7-21-13(11)19-14(18-12)20-16/h2-8H,16H2,1H3,(H2,17,18,19,20). The van der Waals surface area contributed by atoms with Gasteiger partial charge in [0.1, 0.15) is 10.6 Å². The minimum atomic E-state index is 0.0888. The minimum absolute atomic E-state index is 0.0888. The lowest BCUT2D eigenvalue weighted by molar-refractivity contribution is 0.876. The summed E-state index contributed by atoms with van der Waals surface area (Å²) in [5.41, 5.74) is 3.63. The van der Waals surface area contributed by atoms with Crippen LogP contribution in [0.4, 0.5) is 11.8 Å². The van der Waals surface area contributed by atoms with Gasteiger partial charge in [0.05, 0.1) is 5.39 Å². The average molecular weight is 320 g/mol. The van der Waals surface area contributed by atoms with Crippen molar-refractivity contribution in [1.82, 2.24) is 9.97 Å². The molecule has 108 valence electrons. The van der Waals surface area contributed by atoms with Gasteiger partial charge in [-0.25, -0.2) is 10.8 Å². The number of nitrogens with one attached hydrogen (secondary N) is 2. The molecule has 4 N–H and O–H groups in total. The second kappa shape index (κ2) is 5.85. The molecule has 0 aliphatic carbocycles. The first kappa shape index (κ1) is 14.1. The van der Waals surface area contributed by atoms with Gasteiger partial charge in [-0.1, -0.05) is 23.7 Å². The lowest BCUT2D eigenvalue weighted by Crippen LogP contribution is -2.13. The summed E-state index contributed by atoms with van der Waals surface area (Å²) in [6.45, 7) is 2.07. The summed E-state index contributed by atoms with van der Waals surface area (Å²) >= 11 is 7.47. The van der Waals surface area contributed by atoms with E-state index in [0.717, 1.165) is 26.6 Å². The van der Waals surface area contributed by atoms with Gasteiger partial charge in [-0.3, -0.25) is 5.43 Å². The van der Waals surface area contributed by atoms with Gasteiger partial charge in [-0.2, -0.15) is 4.98 Å². The van der Waals surface area contributed by atoms with Crippen molar-refractivity contribution < 1.29 is 0 Å². The number of rotatable bonds is 4. The van der Waals surface area contributed by atoms with Crippen molar-refractivity contribution in [2.75, 3.05) is 10.7 Å². The maximum Gasteiger partial charge on any atom is 0.240 e. The Kier molecular flexibility index (Phi) is 3.92. The first-order chi connectivity index (χ1) is 10.2. The summed E-state index contributed by atoms with van der Waals surface area (Å²) < 4.78 is 0. The van der Waals surface area contributed by atoms with E-state index >= 15 is 0 Å². The molecule has 0 fully saturated rings. The molecule has 2 aromatic heterocycles. The van der Waals surface area contributed by atoms with Crippen molar-refractivity contribution in [2.45, 2.75) is 13.0 Å². The molecule has 5 nitrogen and oxygen atoms in total. The molecule has 3 rings (SSSR count). The molecule has 21 heavy (non-hydrogen) atoms. The Morgan fingerprint density at radius 1 is 1.19 bits per heavy atom. The lowest BCUT2D eigenvalue weighted by atomic mass is 10.1. The molecule has 0 aliphatic rings. The number of nitrogen functional groups attached to an aromatic ring is 1. The normalized spacial score (nSPS) is 12.3. The summed E-state index contributed by atoms with van der Waals surface area (Å²) in [4.78, 5) is 9.61. The molecule has 1 aromatic carbocycles. The fraction of sp³-hybridized carbons (Fsp3) is 0.143. The molecule has 0 amide bonds. The highest BCUT2D eigenvalue weighted by molar-refractivity contribution is 7.16. The van der Waals surface area contributed by atoms with Gasteiger partial charge in [0.25, 0.3) is 0 Å². The predicted octanol–water partition coefficient (Wildman–Crippen LogP) is 3.80. The molecule has 0 radical (unpaired) electrons. The number of hydrogen-bond acceptors (Lipinski definition) is 6. The number of nitrogens with zero attached hydrogens (tertiary/aromatic N) is 2. The molecule has 7 heteroatoms. The highest BCUT2D eigenvalue weighted by Gasteiger charge is 2.12. The Morgan fingerprint density at radius 2 is 1.95 bits per heavy atom. The van der Waals surface area contributed by atoms with E-state index in [1.807, 2.05) is 35.7 Å². The lowest BCUT2D eigenvalue weighted by Gasteiger charge is -2.16. The second-order valence-electron chi connectivity index (χ2n) is 4.60. The van der Waals surface area contributed by atoms with Crippen LogP contribution in [0.3, 0.4) is 0 Å². The van der Waals surface area contributed by atoms with E-state index in [4.69, 9.17) is 17.4 Å². The minimum Gasteiger partial charge on any atom is -0.363 e. The van der Waals surface area contributed by atoms with Crippen LogP contribution in [0.5, 0.6) is 0 Å². The van der Waals surface area contributed by atoms with E-state index in [1.165, 1.54) is 0 Å². The van der Waals surface area contributed by atoms with Crippen molar-refractivity contribution in [3.05, 3.63) is 46.3 Å². The number of aromatic nitrogens is 2. The maximum atomic E-state index is 5.92. The third-order valence-electron chi connectivity index (χ3n) is 3.18. The first-order valence-electron chi connectivity index (χ1n) is 6.41. The summed E-state index contributed by atoms with van der Waals surface area (Å²) in [5.74, 6) is 6.58. The summed E-state index contributed by atoms with van der Waals surface area (Å²) in [6.07, 6.45) is 0. The smallest absolute Gasteiger partial charge is 0.240 e. The van der Waals surface area contributed by atoms with E-state index in [9.17, 15) is 0 Å². The SMILES string of the molecule is CC(Nc1nc(NN)nc2sccc12)c1ccc(Cl)cc1. The fourth-order valence-corrected chi connectivity index (χ4v) is 2.96. The molecule has 3 aromatic rings. The Bertz CT molecular complexity index is 756. The van der Waals surface area contributed by atoms with Crippen molar-refractivity contribution >= 4 is 44.9 Å². The average Bonchev–Trinajstić information content (AvgIpc) is 2.96. The Labute approximate surface area is 131 Å². The highest BCUT2D eigenvalue weighted by atomic mass is 35.5. The van der Waals surface area contributed by atoms with Gasteiger partial charge in [0, 0.05) is 11.1 Å². The van der Waals surface area contributed by atoms with E-state index in [0.29, 0.717) is 5.95 Å². The summed E-state index contributed by atoms with van der Waals surface area (Å²) in [7, 11) is 0. The number of thiophene rings is 1. The van der Waals surface area contributed by atoms with Crippen LogP contribution >= 0.6 is 22.9 Å². The molecule has 0 saturated carbocycles. The molecule has 2 heterocycles. The van der Waals surface area contributed by atoms with Crippen LogP contribution in [0.1, 0.15) is 18.5 Å². The molecule has 0 spiro atoms. The number of fused-ring (bicyclic) bond motifs is 1. The van der Waals surface area contributed by atoms with Gasteiger partial charge in [0.2, 0.25) is 5.95 Å². The fourth-order valence-electron chi connectivity index (χ4n) is 2.07. The van der Waals surface area contributed by atoms with Gasteiger partial charge in [-0.15, -0.1) is 11.3 Å². The van der Waals surface area contributed by atoms with Crippen LogP contribution in [0.15, 0.2) is 35.7 Å². The third-order valence-corrected chi connectivity index (χ3v) is 4.24. The van der Waals surface area contributed by atoms with Gasteiger partial charge in [0.15, 0.2) is 0 Å². The third kappa shape index (κ3) is 2.92. The van der Waals surface area contributed by atoms with Crippen LogP contribution in [0, 0.1) is 0 Å². The number of benzene rings is 1. The first-order valence-corrected chi connectivity index (χ1v) is 7.67. The van der Waals surface area contributed by atoms with Crippen LogP contribution in [-0.4, -0.2) is 9.97 Å². The molecule has 1 unspecified atom stereocenters. The van der Waals surface area contributed by atoms with Crippen LogP contribution in [-0.2, 0) is 0 Å². The number of anilines is 2. The van der Waals surface area contributed by atoms with E-state index < -0.39 is 0 Å². The number of nitrogens with two attached hydrogens (primary N) is 1. The predicted molar refractivity (Wildman–Crippen MR) is 88.7 cm³/mol. The quantitative estimate of drug-likeness (QED) is 0.503. The number of halogens is 1. The molecule has 0 bridgehead atoms. The molecular weight excluding hydrogens is 306 g/mol. The van der Waals surface area contributed by atoms with Gasteiger partial charge < -0.3 is 5.32 Å². The maximum absolute atomic E-state index is 5.92. The highest BCUT2D eigenvalue weighted by Crippen LogP contribution is 2.29. The van der Waals surface area contributed by atoms with E-state index in [1.54, 1.807) is 11.3 Å². The zero-order valence-electron chi connectivity index (χ0n) is 11.3. The van der Waals surface area contributed by atoms with Crippen LogP contribution < -0.4 is 16.6 Å².